The smallest absolute Gasteiger partial charge is 0.364 e. The molecule has 8 heteroatoms. The highest BCUT2D eigenvalue weighted by Crippen LogP contribution is 2.40. The fraction of sp³-hybridized carbons (Fsp3) is 0.357. The van der Waals surface area contributed by atoms with Gasteiger partial charge in [-0.25, -0.2) is 4.79 Å². The van der Waals surface area contributed by atoms with Gasteiger partial charge in [-0.1, -0.05) is 0 Å². The molecule has 1 N–H and O–H groups in total. The first-order valence-corrected chi connectivity index (χ1v) is 6.28. The fourth-order valence-electron chi connectivity index (χ4n) is 1.73. The average Bonchev–Trinajstić information content (AvgIpc) is 2.54. The van der Waals surface area contributed by atoms with Gasteiger partial charge < -0.3 is 24.1 Å². The molecule has 0 spiro atoms. The molecule has 0 amide bonds. The molecule has 0 bridgehead atoms. The highest BCUT2D eigenvalue weighted by molar-refractivity contribution is 5.95. The molecule has 0 saturated heterocycles. The van der Waals surface area contributed by atoms with Crippen molar-refractivity contribution in [3.8, 4) is 17.2 Å². The molecule has 0 unspecified atom stereocenters. The Morgan fingerprint density at radius 2 is 1.68 bits per heavy atom. The standard InChI is InChI=1S/C14H17NO7/c1-5-22-14(17)11(15-18)12(16)8-6-9(19-2)13(21-4)10(7-8)20-3/h6-7,16H,5H2,1-4H3. The molecule has 0 aliphatic rings. The molecule has 1 aromatic carbocycles. The molecule has 0 atom stereocenters. The number of esters is 1. The van der Waals surface area contributed by atoms with Crippen LogP contribution in [0.3, 0.4) is 0 Å². The number of ether oxygens (including phenoxy) is 4. The van der Waals surface area contributed by atoms with E-state index in [2.05, 4.69) is 9.91 Å². The van der Waals surface area contributed by atoms with Crippen molar-refractivity contribution in [1.82, 2.24) is 0 Å². The molecule has 22 heavy (non-hydrogen) atoms. The first-order valence-electron chi connectivity index (χ1n) is 6.28. The van der Waals surface area contributed by atoms with Gasteiger partial charge in [-0.15, -0.1) is 4.91 Å². The molecule has 0 saturated carbocycles. The number of hydrogen-bond acceptors (Lipinski definition) is 8. The van der Waals surface area contributed by atoms with Gasteiger partial charge in [0.1, 0.15) is 0 Å². The molecule has 0 heterocycles. The number of carbonyl (C=O) groups is 1. The lowest BCUT2D eigenvalue weighted by Crippen LogP contribution is -2.08. The van der Waals surface area contributed by atoms with E-state index in [4.69, 9.17) is 14.2 Å². The van der Waals surface area contributed by atoms with Crippen molar-refractivity contribution >= 4 is 11.7 Å². The fourth-order valence-corrected chi connectivity index (χ4v) is 1.73. The second-order valence-corrected chi connectivity index (χ2v) is 3.92. The highest BCUT2D eigenvalue weighted by atomic mass is 16.5. The van der Waals surface area contributed by atoms with Crippen molar-refractivity contribution in [1.29, 1.82) is 0 Å². The number of rotatable bonds is 7. The van der Waals surface area contributed by atoms with E-state index >= 15 is 0 Å². The van der Waals surface area contributed by atoms with Crippen LogP contribution in [0.4, 0.5) is 0 Å². The van der Waals surface area contributed by atoms with Gasteiger partial charge in [-0.2, -0.15) is 0 Å². The number of aliphatic hydroxyl groups excluding tert-OH is 1. The first-order chi connectivity index (χ1) is 10.5. The topological polar surface area (TPSA) is 104 Å². The molecule has 0 aromatic heterocycles. The second kappa shape index (κ2) is 7.87. The van der Waals surface area contributed by atoms with E-state index < -0.39 is 17.4 Å². The van der Waals surface area contributed by atoms with Gasteiger partial charge in [0.25, 0.3) is 0 Å². The van der Waals surface area contributed by atoms with Crippen molar-refractivity contribution in [3.63, 3.8) is 0 Å². The Balaban J connectivity index is 3.47. The maximum absolute atomic E-state index is 11.6. The van der Waals surface area contributed by atoms with Gasteiger partial charge in [0.2, 0.25) is 11.4 Å². The summed E-state index contributed by atoms with van der Waals surface area (Å²) in [5.41, 5.74) is -0.645. The predicted octanol–water partition coefficient (Wildman–Crippen LogP) is 2.27. The zero-order valence-electron chi connectivity index (χ0n) is 12.7. The van der Waals surface area contributed by atoms with Crippen LogP contribution in [0, 0.1) is 4.91 Å². The van der Waals surface area contributed by atoms with Gasteiger partial charge in [0.05, 0.1) is 27.9 Å². The zero-order chi connectivity index (χ0) is 16.7. The maximum Gasteiger partial charge on any atom is 0.364 e. The second-order valence-electron chi connectivity index (χ2n) is 3.92. The van der Waals surface area contributed by atoms with Crippen LogP contribution in [0.1, 0.15) is 12.5 Å². The summed E-state index contributed by atoms with van der Waals surface area (Å²) in [5, 5.41) is 12.6. The van der Waals surface area contributed by atoms with Crippen LogP contribution in [-0.2, 0) is 9.53 Å². The third-order valence-electron chi connectivity index (χ3n) is 2.72. The van der Waals surface area contributed by atoms with Crippen molar-refractivity contribution in [2.75, 3.05) is 27.9 Å². The summed E-state index contributed by atoms with van der Waals surface area (Å²) in [4.78, 5) is 22.4. The Hall–Kier alpha value is -2.77. The molecule has 0 aliphatic carbocycles. The van der Waals surface area contributed by atoms with E-state index in [0.29, 0.717) is 5.75 Å². The van der Waals surface area contributed by atoms with Gasteiger partial charge in [-0.05, 0) is 24.2 Å². The number of carbonyl (C=O) groups excluding carboxylic acids is 1. The van der Waals surface area contributed by atoms with Crippen LogP contribution < -0.4 is 14.2 Å². The van der Waals surface area contributed by atoms with Crippen LogP contribution in [0.15, 0.2) is 23.0 Å². The minimum absolute atomic E-state index is 0.0421. The summed E-state index contributed by atoms with van der Waals surface area (Å²) in [6.45, 7) is 1.61. The summed E-state index contributed by atoms with van der Waals surface area (Å²) in [5.74, 6) is -0.871. The normalized spacial score (nSPS) is 11.3. The van der Waals surface area contributed by atoms with E-state index in [1.165, 1.54) is 33.5 Å². The SMILES string of the molecule is CCOC(=O)C(N=O)=C(O)c1cc(OC)c(OC)c(OC)c1. The minimum Gasteiger partial charge on any atom is -0.505 e. The number of methoxy groups -OCH3 is 3. The summed E-state index contributed by atoms with van der Waals surface area (Å²) in [7, 11) is 4.21. The van der Waals surface area contributed by atoms with Crippen LogP contribution in [0.5, 0.6) is 17.2 Å². The third-order valence-corrected chi connectivity index (χ3v) is 2.72. The zero-order valence-corrected chi connectivity index (χ0v) is 12.7. The number of aliphatic hydroxyl groups is 1. The number of nitroso groups, excluding NO2 is 1. The Morgan fingerprint density at radius 3 is 2.05 bits per heavy atom. The Labute approximate surface area is 127 Å². The van der Waals surface area contributed by atoms with Crippen molar-refractivity contribution < 1.29 is 28.8 Å². The first kappa shape index (κ1) is 17.3. The highest BCUT2D eigenvalue weighted by Gasteiger charge is 2.22. The Morgan fingerprint density at radius 1 is 1.14 bits per heavy atom. The van der Waals surface area contributed by atoms with Gasteiger partial charge in [0, 0.05) is 5.56 Å². The summed E-state index contributed by atoms with van der Waals surface area (Å²) in [6, 6.07) is 2.75. The molecule has 0 aliphatic heterocycles. The van der Waals surface area contributed by atoms with E-state index in [1.54, 1.807) is 6.92 Å². The van der Waals surface area contributed by atoms with Crippen LogP contribution in [-0.4, -0.2) is 39.0 Å². The molecule has 0 radical (unpaired) electrons. The summed E-state index contributed by atoms with van der Waals surface area (Å²) >= 11 is 0. The van der Waals surface area contributed by atoms with E-state index in [-0.39, 0.29) is 23.7 Å². The van der Waals surface area contributed by atoms with E-state index in [1.807, 2.05) is 0 Å². The average molecular weight is 311 g/mol. The van der Waals surface area contributed by atoms with Crippen molar-refractivity contribution in [2.45, 2.75) is 6.92 Å². The predicted molar refractivity (Wildman–Crippen MR) is 78.1 cm³/mol. The lowest BCUT2D eigenvalue weighted by Gasteiger charge is -2.14. The molecule has 120 valence electrons. The van der Waals surface area contributed by atoms with E-state index in [9.17, 15) is 14.8 Å². The van der Waals surface area contributed by atoms with Gasteiger partial charge in [-0.3, -0.25) is 0 Å². The van der Waals surface area contributed by atoms with Crippen LogP contribution >= 0.6 is 0 Å². The van der Waals surface area contributed by atoms with Crippen molar-refractivity contribution in [3.05, 3.63) is 28.3 Å². The number of hydrogen-bond donors (Lipinski definition) is 1. The van der Waals surface area contributed by atoms with E-state index in [0.717, 1.165) is 0 Å². The number of nitrogens with zero attached hydrogens (tertiary/aromatic N) is 1. The number of benzene rings is 1. The third kappa shape index (κ3) is 3.46. The summed E-state index contributed by atoms with van der Waals surface area (Å²) in [6.07, 6.45) is 0. The maximum atomic E-state index is 11.6. The van der Waals surface area contributed by atoms with Crippen molar-refractivity contribution in [2.24, 2.45) is 5.18 Å². The molecule has 1 aromatic rings. The molecule has 8 nitrogen and oxygen atoms in total. The Bertz CT molecular complexity index is 570. The quantitative estimate of drug-likeness (QED) is 0.356. The summed E-state index contributed by atoms with van der Waals surface area (Å²) < 4.78 is 20.1. The van der Waals surface area contributed by atoms with Crippen LogP contribution in [0.2, 0.25) is 0 Å². The molecular weight excluding hydrogens is 294 g/mol. The molecular formula is C14H17NO7. The molecule has 1 rings (SSSR count). The van der Waals surface area contributed by atoms with Gasteiger partial charge >= 0.3 is 5.97 Å². The minimum atomic E-state index is -1.02. The van der Waals surface area contributed by atoms with Crippen LogP contribution in [0.25, 0.3) is 5.76 Å². The monoisotopic (exact) mass is 311 g/mol. The largest absolute Gasteiger partial charge is 0.505 e. The Kier molecular flexibility index (Phi) is 6.18. The lowest BCUT2D eigenvalue weighted by molar-refractivity contribution is -0.138. The molecule has 0 fully saturated rings. The lowest BCUT2D eigenvalue weighted by atomic mass is 10.1. The van der Waals surface area contributed by atoms with Gasteiger partial charge in [0.15, 0.2) is 17.3 Å².